The van der Waals surface area contributed by atoms with Crippen LogP contribution in [0.25, 0.3) is 0 Å². The topological polar surface area (TPSA) is 63.5 Å². The van der Waals surface area contributed by atoms with Gasteiger partial charge in [-0.3, -0.25) is 4.79 Å². The van der Waals surface area contributed by atoms with Crippen LogP contribution < -0.4 is 5.32 Å². The molecule has 1 fully saturated rings. The average Bonchev–Trinajstić information content (AvgIpc) is 2.92. The van der Waals surface area contributed by atoms with Crippen molar-refractivity contribution in [3.8, 4) is 0 Å². The lowest BCUT2D eigenvalue weighted by molar-refractivity contribution is -0.0252. The van der Waals surface area contributed by atoms with E-state index in [1.807, 2.05) is 31.5 Å². The Morgan fingerprint density at radius 3 is 2.95 bits per heavy atom. The lowest BCUT2D eigenvalue weighted by Crippen LogP contribution is -2.47. The van der Waals surface area contributed by atoms with Crippen LogP contribution in [0.2, 0.25) is 0 Å². The molecular formula is C14H21BrN2O3. The van der Waals surface area contributed by atoms with E-state index in [9.17, 15) is 9.90 Å². The molecule has 0 radical (unpaired) electrons. The molecule has 2 heterocycles. The third-order valence-electron chi connectivity index (χ3n) is 3.82. The minimum Gasteiger partial charge on any atom is -0.385 e. The summed E-state index contributed by atoms with van der Waals surface area (Å²) in [5, 5.41) is 13.2. The Kier molecular flexibility index (Phi) is 4.56. The Morgan fingerprint density at radius 1 is 1.70 bits per heavy atom. The predicted molar refractivity (Wildman–Crippen MR) is 79.8 cm³/mol. The number of nitrogens with zero attached hydrogens (tertiary/aromatic N) is 1. The monoisotopic (exact) mass is 344 g/mol. The number of carbonyl (C=O) groups is 1. The van der Waals surface area contributed by atoms with Crippen molar-refractivity contribution >= 4 is 21.8 Å². The SMILES string of the molecule is CC(C)n1cc(Br)cc1C(=O)NCC1(O)CCOC1C. The fraction of sp³-hybridized carbons (Fsp3) is 0.643. The second kappa shape index (κ2) is 5.87. The summed E-state index contributed by atoms with van der Waals surface area (Å²) in [6.07, 6.45) is 2.17. The van der Waals surface area contributed by atoms with Crippen molar-refractivity contribution in [3.63, 3.8) is 0 Å². The third-order valence-corrected chi connectivity index (χ3v) is 4.25. The Hall–Kier alpha value is -0.850. The van der Waals surface area contributed by atoms with E-state index >= 15 is 0 Å². The Morgan fingerprint density at radius 2 is 2.40 bits per heavy atom. The zero-order chi connectivity index (χ0) is 14.9. The highest BCUT2D eigenvalue weighted by atomic mass is 79.9. The number of hydrogen-bond acceptors (Lipinski definition) is 3. The number of aromatic nitrogens is 1. The van der Waals surface area contributed by atoms with E-state index in [4.69, 9.17) is 4.74 Å². The van der Waals surface area contributed by atoms with Gasteiger partial charge in [0.05, 0.1) is 6.10 Å². The Labute approximate surface area is 127 Å². The van der Waals surface area contributed by atoms with Gasteiger partial charge in [-0.25, -0.2) is 0 Å². The molecule has 6 heteroatoms. The molecule has 5 nitrogen and oxygen atoms in total. The zero-order valence-electron chi connectivity index (χ0n) is 12.0. The van der Waals surface area contributed by atoms with Gasteiger partial charge in [0.1, 0.15) is 11.3 Å². The fourth-order valence-electron chi connectivity index (χ4n) is 2.38. The lowest BCUT2D eigenvalue weighted by Gasteiger charge is -2.26. The van der Waals surface area contributed by atoms with E-state index in [0.717, 1.165) is 4.47 Å². The zero-order valence-corrected chi connectivity index (χ0v) is 13.6. The minimum atomic E-state index is -0.970. The van der Waals surface area contributed by atoms with Gasteiger partial charge in [0.15, 0.2) is 0 Å². The molecule has 1 saturated heterocycles. The molecule has 0 aliphatic carbocycles. The Balaban J connectivity index is 2.06. The molecule has 20 heavy (non-hydrogen) atoms. The van der Waals surface area contributed by atoms with Gasteiger partial charge in [-0.2, -0.15) is 0 Å². The maximum atomic E-state index is 12.3. The van der Waals surface area contributed by atoms with E-state index in [1.54, 1.807) is 6.07 Å². The summed E-state index contributed by atoms with van der Waals surface area (Å²) in [7, 11) is 0. The number of rotatable bonds is 4. The first-order valence-electron chi connectivity index (χ1n) is 6.83. The highest BCUT2D eigenvalue weighted by molar-refractivity contribution is 9.10. The van der Waals surface area contributed by atoms with Crippen LogP contribution in [0, 0.1) is 0 Å². The summed E-state index contributed by atoms with van der Waals surface area (Å²) in [6, 6.07) is 1.98. The van der Waals surface area contributed by atoms with Crippen molar-refractivity contribution in [1.29, 1.82) is 0 Å². The normalized spacial score (nSPS) is 26.2. The maximum Gasteiger partial charge on any atom is 0.268 e. The van der Waals surface area contributed by atoms with Crippen LogP contribution in [0.4, 0.5) is 0 Å². The van der Waals surface area contributed by atoms with E-state index in [2.05, 4.69) is 21.2 Å². The summed E-state index contributed by atoms with van der Waals surface area (Å²) in [4.78, 5) is 12.3. The quantitative estimate of drug-likeness (QED) is 0.879. The fourth-order valence-corrected chi connectivity index (χ4v) is 2.82. The molecule has 2 rings (SSSR count). The van der Waals surface area contributed by atoms with Crippen molar-refractivity contribution in [3.05, 3.63) is 22.4 Å². The van der Waals surface area contributed by atoms with Crippen LogP contribution in [0.3, 0.4) is 0 Å². The molecule has 0 saturated carbocycles. The van der Waals surface area contributed by atoms with E-state index in [-0.39, 0.29) is 24.6 Å². The lowest BCUT2D eigenvalue weighted by atomic mass is 9.97. The third kappa shape index (κ3) is 3.07. The van der Waals surface area contributed by atoms with Crippen LogP contribution in [0.5, 0.6) is 0 Å². The Bertz CT molecular complexity index is 501. The minimum absolute atomic E-state index is 0.183. The highest BCUT2D eigenvalue weighted by Crippen LogP contribution is 2.25. The van der Waals surface area contributed by atoms with Gasteiger partial charge in [0, 0.05) is 36.3 Å². The molecule has 1 amide bonds. The van der Waals surface area contributed by atoms with Gasteiger partial charge in [-0.05, 0) is 42.8 Å². The van der Waals surface area contributed by atoms with Crippen LogP contribution in [-0.4, -0.2) is 40.4 Å². The molecule has 1 aromatic heterocycles. The number of carbonyl (C=O) groups excluding carboxylic acids is 1. The molecule has 0 bridgehead atoms. The molecule has 1 aromatic rings. The van der Waals surface area contributed by atoms with Gasteiger partial charge in [0.2, 0.25) is 0 Å². The van der Waals surface area contributed by atoms with Gasteiger partial charge in [-0.1, -0.05) is 0 Å². The van der Waals surface area contributed by atoms with Gasteiger partial charge < -0.3 is 19.7 Å². The average molecular weight is 345 g/mol. The summed E-state index contributed by atoms with van der Waals surface area (Å²) in [6.45, 7) is 6.59. The van der Waals surface area contributed by atoms with E-state index in [0.29, 0.717) is 18.7 Å². The van der Waals surface area contributed by atoms with Crippen LogP contribution >= 0.6 is 15.9 Å². The van der Waals surface area contributed by atoms with Crippen molar-refractivity contribution in [2.24, 2.45) is 0 Å². The predicted octanol–water partition coefficient (Wildman–Crippen LogP) is 2.10. The van der Waals surface area contributed by atoms with E-state index < -0.39 is 5.60 Å². The molecule has 2 unspecified atom stereocenters. The number of nitrogens with one attached hydrogen (secondary N) is 1. The number of ether oxygens (including phenoxy) is 1. The second-order valence-electron chi connectivity index (χ2n) is 5.59. The molecule has 0 aromatic carbocycles. The number of hydrogen-bond donors (Lipinski definition) is 2. The van der Waals surface area contributed by atoms with Crippen molar-refractivity contribution < 1.29 is 14.6 Å². The van der Waals surface area contributed by atoms with Crippen LogP contribution in [0.1, 0.15) is 43.7 Å². The van der Waals surface area contributed by atoms with Crippen LogP contribution in [-0.2, 0) is 4.74 Å². The molecular weight excluding hydrogens is 324 g/mol. The smallest absolute Gasteiger partial charge is 0.268 e. The molecule has 1 aliphatic rings. The van der Waals surface area contributed by atoms with Gasteiger partial charge in [-0.15, -0.1) is 0 Å². The molecule has 1 aliphatic heterocycles. The summed E-state index contributed by atoms with van der Waals surface area (Å²) < 4.78 is 8.13. The molecule has 112 valence electrons. The van der Waals surface area contributed by atoms with E-state index in [1.165, 1.54) is 0 Å². The number of aliphatic hydroxyl groups is 1. The van der Waals surface area contributed by atoms with Crippen molar-refractivity contribution in [1.82, 2.24) is 9.88 Å². The van der Waals surface area contributed by atoms with Crippen molar-refractivity contribution in [2.75, 3.05) is 13.2 Å². The highest BCUT2D eigenvalue weighted by Gasteiger charge is 2.39. The number of halogens is 1. The van der Waals surface area contributed by atoms with Crippen molar-refractivity contribution in [2.45, 2.75) is 44.9 Å². The summed E-state index contributed by atoms with van der Waals surface area (Å²) >= 11 is 3.39. The van der Waals surface area contributed by atoms with Gasteiger partial charge in [0.25, 0.3) is 5.91 Å². The first kappa shape index (κ1) is 15.5. The standard InChI is InChI=1S/C14H21BrN2O3/c1-9(2)17-7-11(15)6-12(17)13(18)16-8-14(19)4-5-20-10(14)3/h6-7,9-10,19H,4-5,8H2,1-3H3,(H,16,18). The number of amides is 1. The summed E-state index contributed by atoms with van der Waals surface area (Å²) in [5.74, 6) is -0.183. The summed E-state index contributed by atoms with van der Waals surface area (Å²) in [5.41, 5.74) is -0.385. The second-order valence-corrected chi connectivity index (χ2v) is 6.51. The molecule has 0 spiro atoms. The van der Waals surface area contributed by atoms with Crippen LogP contribution in [0.15, 0.2) is 16.7 Å². The first-order valence-corrected chi connectivity index (χ1v) is 7.62. The first-order chi connectivity index (χ1) is 9.33. The van der Waals surface area contributed by atoms with Gasteiger partial charge >= 0.3 is 0 Å². The molecule has 2 N–H and O–H groups in total. The maximum absolute atomic E-state index is 12.3. The largest absolute Gasteiger partial charge is 0.385 e. The molecule has 2 atom stereocenters.